The zero-order valence-electron chi connectivity index (χ0n) is 9.21. The van der Waals surface area contributed by atoms with Crippen molar-refractivity contribution in [1.29, 1.82) is 0 Å². The third kappa shape index (κ3) is 5.58. The van der Waals surface area contributed by atoms with E-state index in [2.05, 4.69) is 40.2 Å². The van der Waals surface area contributed by atoms with Crippen molar-refractivity contribution in [2.75, 3.05) is 26.9 Å². The van der Waals surface area contributed by atoms with Crippen LogP contribution in [0.4, 0.5) is 0 Å². The molecule has 0 N–H and O–H groups in total. The lowest BCUT2D eigenvalue weighted by atomic mass is 10.4. The number of hydrogen-bond donors (Lipinski definition) is 0. The van der Waals surface area contributed by atoms with E-state index in [-0.39, 0.29) is 24.0 Å². The van der Waals surface area contributed by atoms with Crippen molar-refractivity contribution in [3.8, 4) is 0 Å². The van der Waals surface area contributed by atoms with Crippen LogP contribution in [0.5, 0.6) is 0 Å². The van der Waals surface area contributed by atoms with Crippen molar-refractivity contribution >= 4 is 23.1 Å². The first-order valence-electron chi connectivity index (χ1n) is 4.53. The highest BCUT2D eigenvalue weighted by molar-refractivity contribution is 8.01. The van der Waals surface area contributed by atoms with Gasteiger partial charge in [0.15, 0.2) is 0 Å². The van der Waals surface area contributed by atoms with Gasteiger partial charge in [0.1, 0.15) is 6.54 Å². The van der Waals surface area contributed by atoms with E-state index in [1.54, 1.807) is 0 Å². The Kier molecular flexibility index (Phi) is 6.69. The maximum atomic E-state index is 2.26. The van der Waals surface area contributed by atoms with Gasteiger partial charge in [-0.25, -0.2) is 0 Å². The maximum Gasteiger partial charge on any atom is 0.113 e. The lowest BCUT2D eigenvalue weighted by Crippen LogP contribution is -3.00. The molecule has 4 heteroatoms. The summed E-state index contributed by atoms with van der Waals surface area (Å²) >= 11 is 3.87. The van der Waals surface area contributed by atoms with E-state index in [0.717, 1.165) is 11.0 Å². The van der Waals surface area contributed by atoms with E-state index in [1.807, 2.05) is 23.1 Å². The zero-order chi connectivity index (χ0) is 9.90. The van der Waals surface area contributed by atoms with Gasteiger partial charge >= 0.3 is 0 Å². The topological polar surface area (TPSA) is 0 Å². The van der Waals surface area contributed by atoms with E-state index in [0.29, 0.717) is 0 Å². The fourth-order valence-corrected chi connectivity index (χ4v) is 3.47. The average molecular weight is 343 g/mol. The molecule has 0 saturated carbocycles. The second-order valence-electron chi connectivity index (χ2n) is 4.10. The minimum atomic E-state index is 0. The lowest BCUT2D eigenvalue weighted by molar-refractivity contribution is -0.883. The molecule has 1 rings (SSSR count). The molecule has 0 aliphatic heterocycles. The monoisotopic (exact) mass is 343 g/mol. The Morgan fingerprint density at radius 2 is 1.93 bits per heavy atom. The summed E-state index contributed by atoms with van der Waals surface area (Å²) in [4.78, 5) is 1.49. The molecule has 0 aliphatic rings. The second kappa shape index (κ2) is 6.35. The summed E-state index contributed by atoms with van der Waals surface area (Å²) in [6.07, 6.45) is 0. The van der Waals surface area contributed by atoms with Gasteiger partial charge in [-0.15, -0.1) is 23.1 Å². The molecule has 0 atom stereocenters. The number of halogens is 1. The first-order valence-corrected chi connectivity index (χ1v) is 6.33. The number of hydrogen-bond acceptors (Lipinski definition) is 2. The summed E-state index contributed by atoms with van der Waals surface area (Å²) < 4.78 is 2.46. The molecular formula is C10H18INS2. The quantitative estimate of drug-likeness (QED) is 0.424. The Labute approximate surface area is 112 Å². The minimum Gasteiger partial charge on any atom is -1.00 e. The van der Waals surface area contributed by atoms with E-state index < -0.39 is 0 Å². The first-order chi connectivity index (χ1) is 6.01. The van der Waals surface area contributed by atoms with Crippen LogP contribution in [0, 0.1) is 0 Å². The van der Waals surface area contributed by atoms with E-state index in [9.17, 15) is 0 Å². The van der Waals surface area contributed by atoms with E-state index in [1.165, 1.54) is 14.8 Å². The molecule has 14 heavy (non-hydrogen) atoms. The fourth-order valence-electron chi connectivity index (χ4n) is 1.13. The molecule has 0 aromatic carbocycles. The van der Waals surface area contributed by atoms with Crippen LogP contribution in [0.25, 0.3) is 0 Å². The molecule has 0 aliphatic carbocycles. The van der Waals surface area contributed by atoms with Crippen molar-refractivity contribution < 1.29 is 28.5 Å². The van der Waals surface area contributed by atoms with Gasteiger partial charge in [-0.1, -0.05) is 6.92 Å². The minimum absolute atomic E-state index is 0. The van der Waals surface area contributed by atoms with Gasteiger partial charge in [-0.3, -0.25) is 0 Å². The van der Waals surface area contributed by atoms with Gasteiger partial charge in [-0.05, 0) is 17.9 Å². The molecule has 82 valence electrons. The molecule has 0 radical (unpaired) electrons. The molecule has 1 aromatic rings. The van der Waals surface area contributed by atoms with Crippen molar-refractivity contribution in [2.45, 2.75) is 17.7 Å². The standard InChI is InChI=1S/C10H18NS2.HI/c1-5-12-10-7-6-9(13-10)8-11(2,3)4;/h6-7H,5,8H2,1-4H3;1H/q+1;/p-1. The smallest absolute Gasteiger partial charge is 0.113 e. The molecular weight excluding hydrogens is 325 g/mol. The highest BCUT2D eigenvalue weighted by Crippen LogP contribution is 2.28. The van der Waals surface area contributed by atoms with E-state index >= 15 is 0 Å². The van der Waals surface area contributed by atoms with E-state index in [4.69, 9.17) is 0 Å². The number of nitrogens with zero attached hydrogens (tertiary/aromatic N) is 1. The summed E-state index contributed by atoms with van der Waals surface area (Å²) in [5, 5.41) is 0. The molecule has 0 bridgehead atoms. The van der Waals surface area contributed by atoms with Crippen molar-refractivity contribution in [3.63, 3.8) is 0 Å². The molecule has 1 heterocycles. The normalized spacial score (nSPS) is 11.1. The Bertz CT molecular complexity index is 265. The Hall–Kier alpha value is 0.740. The van der Waals surface area contributed by atoms with Crippen LogP contribution < -0.4 is 24.0 Å². The SMILES string of the molecule is CCSc1ccc(C[N+](C)(C)C)s1.[I-]. The Morgan fingerprint density at radius 1 is 1.29 bits per heavy atom. The Balaban J connectivity index is 0.00000169. The van der Waals surface area contributed by atoms with Crippen LogP contribution in [0.1, 0.15) is 11.8 Å². The number of quaternary nitrogens is 1. The van der Waals surface area contributed by atoms with Crippen molar-refractivity contribution in [1.82, 2.24) is 0 Å². The van der Waals surface area contributed by atoms with Gasteiger partial charge in [-0.2, -0.15) is 0 Å². The largest absolute Gasteiger partial charge is 1.00 e. The molecule has 0 unspecified atom stereocenters. The predicted octanol–water partition coefficient (Wildman–Crippen LogP) is 0.0703. The summed E-state index contributed by atoms with van der Waals surface area (Å²) in [6, 6.07) is 4.50. The van der Waals surface area contributed by atoms with Gasteiger partial charge in [0.25, 0.3) is 0 Å². The predicted molar refractivity (Wildman–Crippen MR) is 62.5 cm³/mol. The van der Waals surface area contributed by atoms with Crippen LogP contribution in [-0.2, 0) is 6.54 Å². The molecule has 1 nitrogen and oxygen atoms in total. The zero-order valence-corrected chi connectivity index (χ0v) is 13.0. The number of thiophene rings is 1. The summed E-state index contributed by atoms with van der Waals surface area (Å²) in [5.74, 6) is 1.17. The Morgan fingerprint density at radius 3 is 2.43 bits per heavy atom. The highest BCUT2D eigenvalue weighted by Gasteiger charge is 2.10. The summed E-state index contributed by atoms with van der Waals surface area (Å²) in [7, 11) is 6.69. The fraction of sp³-hybridized carbons (Fsp3) is 0.600. The summed E-state index contributed by atoms with van der Waals surface area (Å²) in [5.41, 5.74) is 0. The highest BCUT2D eigenvalue weighted by atomic mass is 127. The number of rotatable bonds is 4. The van der Waals surface area contributed by atoms with Crippen LogP contribution >= 0.6 is 23.1 Å². The molecule has 0 fully saturated rings. The van der Waals surface area contributed by atoms with Crippen molar-refractivity contribution in [3.05, 3.63) is 17.0 Å². The third-order valence-electron chi connectivity index (χ3n) is 1.55. The first kappa shape index (κ1) is 14.7. The maximum absolute atomic E-state index is 2.26. The number of thioether (sulfide) groups is 1. The molecule has 0 spiro atoms. The molecule has 0 amide bonds. The van der Waals surface area contributed by atoms with Crippen LogP contribution in [-0.4, -0.2) is 31.4 Å². The van der Waals surface area contributed by atoms with Gasteiger partial charge < -0.3 is 28.5 Å². The molecule has 0 saturated heterocycles. The van der Waals surface area contributed by atoms with Gasteiger partial charge in [0.2, 0.25) is 0 Å². The average Bonchev–Trinajstić information content (AvgIpc) is 2.33. The lowest BCUT2D eigenvalue weighted by Gasteiger charge is -2.22. The van der Waals surface area contributed by atoms with Gasteiger partial charge in [0, 0.05) is 0 Å². The summed E-state index contributed by atoms with van der Waals surface area (Å²) in [6.45, 7) is 3.33. The van der Waals surface area contributed by atoms with Crippen LogP contribution in [0.15, 0.2) is 16.3 Å². The van der Waals surface area contributed by atoms with Gasteiger partial charge in [0.05, 0.1) is 30.2 Å². The molecule has 1 aromatic heterocycles. The van der Waals surface area contributed by atoms with Crippen molar-refractivity contribution in [2.24, 2.45) is 0 Å². The van der Waals surface area contributed by atoms with Crippen LogP contribution in [0.2, 0.25) is 0 Å². The van der Waals surface area contributed by atoms with Crippen LogP contribution in [0.3, 0.4) is 0 Å². The third-order valence-corrected chi connectivity index (χ3v) is 3.73. The second-order valence-corrected chi connectivity index (χ2v) is 6.83.